The predicted octanol–water partition coefficient (Wildman–Crippen LogP) is 7.24. The molecule has 0 aliphatic rings. The first-order valence-electron chi connectivity index (χ1n) is 10.9. The lowest BCUT2D eigenvalue weighted by molar-refractivity contribution is -0.00557. The standard InChI is InChI=1S/C24H50O2/c1-11-12-16-26-17-15-23(7,8)19-24(9,10)20(25)13-14-22(5,6)18-21(2,3)4/h20,25H,11-19H2,1-10H3. The van der Waals surface area contributed by atoms with E-state index in [1.807, 2.05) is 0 Å². The Morgan fingerprint density at radius 1 is 0.769 bits per heavy atom. The van der Waals surface area contributed by atoms with Crippen LogP contribution in [0.1, 0.15) is 114 Å². The number of aliphatic hydroxyl groups excluding tert-OH is 1. The molecule has 1 unspecified atom stereocenters. The van der Waals surface area contributed by atoms with Gasteiger partial charge >= 0.3 is 0 Å². The molecule has 0 amide bonds. The first-order valence-corrected chi connectivity index (χ1v) is 10.9. The normalized spacial score (nSPS) is 15.3. The summed E-state index contributed by atoms with van der Waals surface area (Å²) in [5.74, 6) is 0. The Morgan fingerprint density at radius 2 is 1.31 bits per heavy atom. The number of hydrogen-bond acceptors (Lipinski definition) is 2. The molecular weight excluding hydrogens is 320 g/mol. The van der Waals surface area contributed by atoms with E-state index in [2.05, 4.69) is 69.2 Å². The summed E-state index contributed by atoms with van der Waals surface area (Å²) in [6, 6.07) is 0. The van der Waals surface area contributed by atoms with Crippen LogP contribution in [0.4, 0.5) is 0 Å². The Labute approximate surface area is 165 Å². The zero-order valence-corrected chi connectivity index (χ0v) is 19.8. The molecule has 0 saturated carbocycles. The van der Waals surface area contributed by atoms with E-state index in [1.54, 1.807) is 0 Å². The highest BCUT2D eigenvalue weighted by molar-refractivity contribution is 4.86. The van der Waals surface area contributed by atoms with Crippen molar-refractivity contribution in [2.75, 3.05) is 13.2 Å². The van der Waals surface area contributed by atoms with E-state index in [9.17, 15) is 5.11 Å². The van der Waals surface area contributed by atoms with Gasteiger partial charge in [-0.25, -0.2) is 0 Å². The minimum Gasteiger partial charge on any atom is -0.393 e. The second kappa shape index (κ2) is 10.5. The Bertz CT molecular complexity index is 374. The predicted molar refractivity (Wildman–Crippen MR) is 116 cm³/mol. The lowest BCUT2D eigenvalue weighted by atomic mass is 9.68. The Morgan fingerprint density at radius 3 is 1.81 bits per heavy atom. The Hall–Kier alpha value is -0.0800. The van der Waals surface area contributed by atoms with Crippen molar-refractivity contribution in [3.63, 3.8) is 0 Å². The maximum Gasteiger partial charge on any atom is 0.0591 e. The van der Waals surface area contributed by atoms with Crippen LogP contribution in [0.3, 0.4) is 0 Å². The van der Waals surface area contributed by atoms with Crippen molar-refractivity contribution < 1.29 is 9.84 Å². The third-order valence-corrected chi connectivity index (χ3v) is 5.51. The number of hydrogen-bond donors (Lipinski definition) is 1. The summed E-state index contributed by atoms with van der Waals surface area (Å²) in [7, 11) is 0. The van der Waals surface area contributed by atoms with Crippen LogP contribution in [0.5, 0.6) is 0 Å². The average molecular weight is 371 g/mol. The Kier molecular flexibility index (Phi) is 10.4. The maximum atomic E-state index is 10.9. The van der Waals surface area contributed by atoms with Crippen LogP contribution < -0.4 is 0 Å². The minimum atomic E-state index is -0.248. The molecule has 0 aliphatic carbocycles. The maximum absolute atomic E-state index is 10.9. The molecule has 26 heavy (non-hydrogen) atoms. The molecule has 0 rings (SSSR count). The van der Waals surface area contributed by atoms with Gasteiger partial charge in [-0.05, 0) is 60.2 Å². The van der Waals surface area contributed by atoms with Gasteiger partial charge in [0.15, 0.2) is 0 Å². The lowest BCUT2D eigenvalue weighted by Gasteiger charge is -2.40. The first kappa shape index (κ1) is 25.9. The van der Waals surface area contributed by atoms with Crippen molar-refractivity contribution in [3.8, 4) is 0 Å². The van der Waals surface area contributed by atoms with Gasteiger partial charge in [-0.2, -0.15) is 0 Å². The highest BCUT2D eigenvalue weighted by Gasteiger charge is 2.35. The monoisotopic (exact) mass is 370 g/mol. The highest BCUT2D eigenvalue weighted by atomic mass is 16.5. The number of aliphatic hydroxyl groups is 1. The fraction of sp³-hybridized carbons (Fsp3) is 1.00. The molecule has 0 aromatic heterocycles. The molecule has 1 N–H and O–H groups in total. The molecule has 1 atom stereocenters. The van der Waals surface area contributed by atoms with Gasteiger partial charge in [-0.3, -0.25) is 0 Å². The van der Waals surface area contributed by atoms with Crippen molar-refractivity contribution in [1.82, 2.24) is 0 Å². The van der Waals surface area contributed by atoms with Gasteiger partial charge in [0.2, 0.25) is 0 Å². The molecule has 0 fully saturated rings. The van der Waals surface area contributed by atoms with Crippen molar-refractivity contribution >= 4 is 0 Å². The van der Waals surface area contributed by atoms with Crippen molar-refractivity contribution in [1.29, 1.82) is 0 Å². The molecule has 0 aromatic carbocycles. The second-order valence-electron chi connectivity index (χ2n) is 12.0. The quantitative estimate of drug-likeness (QED) is 0.346. The highest BCUT2D eigenvalue weighted by Crippen LogP contribution is 2.42. The molecule has 0 aliphatic heterocycles. The third-order valence-electron chi connectivity index (χ3n) is 5.51. The van der Waals surface area contributed by atoms with Crippen LogP contribution in [0.2, 0.25) is 0 Å². The summed E-state index contributed by atoms with van der Waals surface area (Å²) in [6.07, 6.45) is 7.33. The fourth-order valence-corrected chi connectivity index (χ4v) is 4.58. The van der Waals surface area contributed by atoms with E-state index in [0.29, 0.717) is 5.41 Å². The van der Waals surface area contributed by atoms with E-state index < -0.39 is 0 Å². The summed E-state index contributed by atoms with van der Waals surface area (Å²) in [5, 5.41) is 10.9. The lowest BCUT2D eigenvalue weighted by Crippen LogP contribution is -2.35. The van der Waals surface area contributed by atoms with Crippen LogP contribution in [0, 0.1) is 21.7 Å². The summed E-state index contributed by atoms with van der Waals surface area (Å²) < 4.78 is 5.76. The average Bonchev–Trinajstić information content (AvgIpc) is 2.40. The molecule has 0 bridgehead atoms. The Balaban J connectivity index is 4.50. The third kappa shape index (κ3) is 12.3. The molecule has 0 saturated heterocycles. The summed E-state index contributed by atoms with van der Waals surface area (Å²) >= 11 is 0. The van der Waals surface area contributed by atoms with Gasteiger partial charge in [0.1, 0.15) is 0 Å². The van der Waals surface area contributed by atoms with Gasteiger partial charge in [-0.1, -0.05) is 75.7 Å². The van der Waals surface area contributed by atoms with Gasteiger partial charge in [0, 0.05) is 13.2 Å². The van der Waals surface area contributed by atoms with E-state index in [4.69, 9.17) is 4.74 Å². The summed E-state index contributed by atoms with van der Waals surface area (Å²) in [6.45, 7) is 24.6. The number of rotatable bonds is 13. The van der Waals surface area contributed by atoms with Gasteiger partial charge in [0.05, 0.1) is 6.10 Å². The van der Waals surface area contributed by atoms with E-state index >= 15 is 0 Å². The molecular formula is C24H50O2. The van der Waals surface area contributed by atoms with Crippen molar-refractivity contribution in [2.45, 2.75) is 120 Å². The van der Waals surface area contributed by atoms with E-state index in [-0.39, 0.29) is 22.3 Å². The summed E-state index contributed by atoms with van der Waals surface area (Å²) in [5.41, 5.74) is 0.740. The van der Waals surface area contributed by atoms with Gasteiger partial charge < -0.3 is 9.84 Å². The smallest absolute Gasteiger partial charge is 0.0591 e. The molecule has 2 nitrogen and oxygen atoms in total. The number of ether oxygens (including phenoxy) is 1. The molecule has 0 radical (unpaired) electrons. The molecule has 158 valence electrons. The van der Waals surface area contributed by atoms with E-state index in [0.717, 1.165) is 45.3 Å². The zero-order valence-electron chi connectivity index (χ0n) is 19.8. The molecule has 0 spiro atoms. The SMILES string of the molecule is CCCCOCCC(C)(C)CC(C)(C)C(O)CCC(C)(C)CC(C)(C)C. The number of unbranched alkanes of at least 4 members (excludes halogenated alkanes) is 1. The second-order valence-corrected chi connectivity index (χ2v) is 12.0. The van der Waals surface area contributed by atoms with Crippen LogP contribution in [0.25, 0.3) is 0 Å². The van der Waals surface area contributed by atoms with Crippen LogP contribution >= 0.6 is 0 Å². The van der Waals surface area contributed by atoms with Crippen LogP contribution in [-0.4, -0.2) is 24.4 Å². The molecule has 0 heterocycles. The van der Waals surface area contributed by atoms with E-state index in [1.165, 1.54) is 12.8 Å². The van der Waals surface area contributed by atoms with Crippen molar-refractivity contribution in [3.05, 3.63) is 0 Å². The zero-order chi connectivity index (χ0) is 20.6. The molecule has 2 heteroatoms. The fourth-order valence-electron chi connectivity index (χ4n) is 4.58. The van der Waals surface area contributed by atoms with Crippen LogP contribution in [0.15, 0.2) is 0 Å². The first-order chi connectivity index (χ1) is 11.6. The minimum absolute atomic E-state index is 0.0648. The van der Waals surface area contributed by atoms with Crippen molar-refractivity contribution in [2.24, 2.45) is 21.7 Å². The topological polar surface area (TPSA) is 29.5 Å². The summed E-state index contributed by atoms with van der Waals surface area (Å²) in [4.78, 5) is 0. The molecule has 0 aromatic rings. The largest absolute Gasteiger partial charge is 0.393 e. The van der Waals surface area contributed by atoms with Gasteiger partial charge in [-0.15, -0.1) is 0 Å². The van der Waals surface area contributed by atoms with Gasteiger partial charge in [0.25, 0.3) is 0 Å². The van der Waals surface area contributed by atoms with Crippen LogP contribution in [-0.2, 0) is 4.74 Å².